The van der Waals surface area contributed by atoms with Gasteiger partial charge in [0.15, 0.2) is 0 Å². The Kier molecular flexibility index (Phi) is 4.07. The number of anilines is 1. The van der Waals surface area contributed by atoms with E-state index in [1.807, 2.05) is 24.3 Å². The standard InChI is InChI=1S/C13H11BrFNS/c14-10-5-6-12(16)13(7-10)17-8-9-3-1-2-4-11(9)15/h1-7H,8,16H2. The van der Waals surface area contributed by atoms with Crippen LogP contribution in [0.3, 0.4) is 0 Å². The Hall–Kier alpha value is -1.00. The highest BCUT2D eigenvalue weighted by molar-refractivity contribution is 9.10. The van der Waals surface area contributed by atoms with Gasteiger partial charge in [0.25, 0.3) is 0 Å². The zero-order valence-corrected chi connectivity index (χ0v) is 11.4. The van der Waals surface area contributed by atoms with Crippen molar-refractivity contribution in [3.05, 3.63) is 58.3 Å². The second-order valence-corrected chi connectivity index (χ2v) is 5.50. The molecule has 0 saturated heterocycles. The molecule has 0 bridgehead atoms. The van der Waals surface area contributed by atoms with Crippen molar-refractivity contribution in [3.8, 4) is 0 Å². The molecule has 0 aliphatic carbocycles. The maximum absolute atomic E-state index is 13.4. The Balaban J connectivity index is 2.12. The molecule has 4 heteroatoms. The summed E-state index contributed by atoms with van der Waals surface area (Å²) in [6, 6.07) is 12.5. The lowest BCUT2D eigenvalue weighted by atomic mass is 10.2. The summed E-state index contributed by atoms with van der Waals surface area (Å²) in [7, 11) is 0. The molecule has 0 aliphatic heterocycles. The third-order valence-electron chi connectivity index (χ3n) is 2.32. The van der Waals surface area contributed by atoms with Gasteiger partial charge in [-0.2, -0.15) is 0 Å². The largest absolute Gasteiger partial charge is 0.398 e. The third kappa shape index (κ3) is 3.23. The fourth-order valence-electron chi connectivity index (χ4n) is 1.40. The van der Waals surface area contributed by atoms with Gasteiger partial charge >= 0.3 is 0 Å². The van der Waals surface area contributed by atoms with Crippen LogP contribution in [0.15, 0.2) is 51.8 Å². The van der Waals surface area contributed by atoms with Gasteiger partial charge in [0.2, 0.25) is 0 Å². The molecule has 0 heterocycles. The molecular weight excluding hydrogens is 301 g/mol. The second kappa shape index (κ2) is 5.56. The molecule has 2 N–H and O–H groups in total. The van der Waals surface area contributed by atoms with E-state index >= 15 is 0 Å². The highest BCUT2D eigenvalue weighted by atomic mass is 79.9. The number of benzene rings is 2. The highest BCUT2D eigenvalue weighted by Gasteiger charge is 2.04. The summed E-state index contributed by atoms with van der Waals surface area (Å²) in [5.41, 5.74) is 7.26. The summed E-state index contributed by atoms with van der Waals surface area (Å²) >= 11 is 4.93. The Morgan fingerprint density at radius 1 is 1.18 bits per heavy atom. The third-order valence-corrected chi connectivity index (χ3v) is 3.93. The normalized spacial score (nSPS) is 10.5. The lowest BCUT2D eigenvalue weighted by Gasteiger charge is -2.06. The molecule has 0 saturated carbocycles. The fraction of sp³-hybridized carbons (Fsp3) is 0.0769. The molecule has 2 rings (SSSR count). The summed E-state index contributed by atoms with van der Waals surface area (Å²) in [6.45, 7) is 0. The minimum Gasteiger partial charge on any atom is -0.398 e. The van der Waals surface area contributed by atoms with Gasteiger partial charge in [0, 0.05) is 20.8 Å². The smallest absolute Gasteiger partial charge is 0.127 e. The number of halogens is 2. The molecule has 0 aliphatic rings. The van der Waals surface area contributed by atoms with Crippen LogP contribution >= 0.6 is 27.7 Å². The van der Waals surface area contributed by atoms with Crippen molar-refractivity contribution < 1.29 is 4.39 Å². The van der Waals surface area contributed by atoms with E-state index in [-0.39, 0.29) is 5.82 Å². The first-order valence-electron chi connectivity index (χ1n) is 5.08. The fourth-order valence-corrected chi connectivity index (χ4v) is 2.91. The number of thioether (sulfide) groups is 1. The number of nitrogen functional groups attached to an aromatic ring is 1. The Morgan fingerprint density at radius 3 is 2.71 bits per heavy atom. The number of hydrogen-bond donors (Lipinski definition) is 1. The first-order chi connectivity index (χ1) is 8.16. The predicted octanol–water partition coefficient (Wildman–Crippen LogP) is 4.46. The first-order valence-corrected chi connectivity index (χ1v) is 6.86. The summed E-state index contributed by atoms with van der Waals surface area (Å²) in [6.07, 6.45) is 0. The quantitative estimate of drug-likeness (QED) is 0.669. The van der Waals surface area contributed by atoms with Crippen LogP contribution in [0.1, 0.15) is 5.56 Å². The Bertz CT molecular complexity index is 531. The van der Waals surface area contributed by atoms with Crippen LogP contribution in [0.4, 0.5) is 10.1 Å². The van der Waals surface area contributed by atoms with E-state index in [0.717, 1.165) is 15.1 Å². The van der Waals surface area contributed by atoms with Crippen molar-refractivity contribution in [1.82, 2.24) is 0 Å². The molecule has 88 valence electrons. The van der Waals surface area contributed by atoms with Crippen molar-refractivity contribution in [2.75, 3.05) is 5.73 Å². The van der Waals surface area contributed by atoms with Gasteiger partial charge in [0.1, 0.15) is 5.82 Å². The van der Waals surface area contributed by atoms with Crippen molar-refractivity contribution in [2.45, 2.75) is 10.6 Å². The van der Waals surface area contributed by atoms with E-state index in [1.165, 1.54) is 17.8 Å². The number of hydrogen-bond acceptors (Lipinski definition) is 2. The average Bonchev–Trinajstić information content (AvgIpc) is 2.32. The molecular formula is C13H11BrFNS. The molecule has 0 unspecified atom stereocenters. The van der Waals surface area contributed by atoms with E-state index < -0.39 is 0 Å². The minimum absolute atomic E-state index is 0.173. The summed E-state index contributed by atoms with van der Waals surface area (Å²) in [5, 5.41) is 0. The second-order valence-electron chi connectivity index (χ2n) is 3.56. The van der Waals surface area contributed by atoms with Gasteiger partial charge in [-0.15, -0.1) is 11.8 Å². The van der Waals surface area contributed by atoms with E-state index in [9.17, 15) is 4.39 Å². The monoisotopic (exact) mass is 311 g/mol. The maximum Gasteiger partial charge on any atom is 0.127 e. The first kappa shape index (κ1) is 12.5. The van der Waals surface area contributed by atoms with Gasteiger partial charge in [-0.3, -0.25) is 0 Å². The topological polar surface area (TPSA) is 26.0 Å². The molecule has 0 fully saturated rings. The predicted molar refractivity (Wildman–Crippen MR) is 74.5 cm³/mol. The highest BCUT2D eigenvalue weighted by Crippen LogP contribution is 2.31. The Morgan fingerprint density at radius 2 is 1.94 bits per heavy atom. The summed E-state index contributed by atoms with van der Waals surface area (Å²) < 4.78 is 14.4. The van der Waals surface area contributed by atoms with Gasteiger partial charge < -0.3 is 5.73 Å². The molecule has 2 aromatic rings. The van der Waals surface area contributed by atoms with Crippen LogP contribution in [0.5, 0.6) is 0 Å². The minimum atomic E-state index is -0.173. The van der Waals surface area contributed by atoms with E-state index in [0.29, 0.717) is 11.3 Å². The SMILES string of the molecule is Nc1ccc(Br)cc1SCc1ccccc1F. The molecule has 0 aromatic heterocycles. The molecule has 2 aromatic carbocycles. The van der Waals surface area contributed by atoms with Gasteiger partial charge in [-0.1, -0.05) is 34.1 Å². The lowest BCUT2D eigenvalue weighted by molar-refractivity contribution is 0.617. The molecule has 17 heavy (non-hydrogen) atoms. The van der Waals surface area contributed by atoms with Gasteiger partial charge in [-0.25, -0.2) is 4.39 Å². The van der Waals surface area contributed by atoms with Crippen LogP contribution in [0, 0.1) is 5.82 Å². The Labute approximate surface area is 112 Å². The number of rotatable bonds is 3. The van der Waals surface area contributed by atoms with Crippen LogP contribution in [0.25, 0.3) is 0 Å². The molecule has 0 spiro atoms. The van der Waals surface area contributed by atoms with E-state index in [1.54, 1.807) is 12.1 Å². The molecule has 0 radical (unpaired) electrons. The zero-order chi connectivity index (χ0) is 12.3. The van der Waals surface area contributed by atoms with Gasteiger partial charge in [-0.05, 0) is 29.8 Å². The van der Waals surface area contributed by atoms with E-state index in [4.69, 9.17) is 5.73 Å². The van der Waals surface area contributed by atoms with Gasteiger partial charge in [0.05, 0.1) is 0 Å². The summed E-state index contributed by atoms with van der Waals surface area (Å²) in [4.78, 5) is 0.961. The lowest BCUT2D eigenvalue weighted by Crippen LogP contribution is -1.90. The van der Waals surface area contributed by atoms with Crippen molar-refractivity contribution in [1.29, 1.82) is 0 Å². The van der Waals surface area contributed by atoms with Crippen LogP contribution < -0.4 is 5.73 Å². The van der Waals surface area contributed by atoms with Crippen LogP contribution in [0.2, 0.25) is 0 Å². The van der Waals surface area contributed by atoms with Crippen LogP contribution in [-0.4, -0.2) is 0 Å². The summed E-state index contributed by atoms with van der Waals surface area (Å²) in [5.74, 6) is 0.404. The van der Waals surface area contributed by atoms with Crippen molar-refractivity contribution in [2.24, 2.45) is 0 Å². The molecule has 0 atom stereocenters. The van der Waals surface area contributed by atoms with Crippen molar-refractivity contribution in [3.63, 3.8) is 0 Å². The zero-order valence-electron chi connectivity index (χ0n) is 8.99. The molecule has 0 amide bonds. The number of nitrogens with two attached hydrogens (primary N) is 1. The van der Waals surface area contributed by atoms with Crippen molar-refractivity contribution >= 4 is 33.4 Å². The van der Waals surface area contributed by atoms with Crippen LogP contribution in [-0.2, 0) is 5.75 Å². The maximum atomic E-state index is 13.4. The average molecular weight is 312 g/mol. The molecule has 1 nitrogen and oxygen atoms in total. The van der Waals surface area contributed by atoms with E-state index in [2.05, 4.69) is 15.9 Å².